The van der Waals surface area contributed by atoms with Crippen molar-refractivity contribution in [2.75, 3.05) is 25.5 Å². The molecule has 0 spiro atoms. The normalized spacial score (nSPS) is 15.2. The largest absolute Gasteiger partial charge is 0.326 e. The summed E-state index contributed by atoms with van der Waals surface area (Å²) in [6.07, 6.45) is 5.24. The Morgan fingerprint density at radius 1 is 1.06 bits per heavy atom. The molecule has 5 nitrogen and oxygen atoms in total. The molecule has 1 aliphatic rings. The maximum Gasteiger partial charge on any atom is 0.258 e. The van der Waals surface area contributed by atoms with E-state index in [2.05, 4.69) is 49.3 Å². The van der Waals surface area contributed by atoms with E-state index >= 15 is 0 Å². The van der Waals surface area contributed by atoms with Crippen LogP contribution in [-0.4, -0.2) is 35.5 Å². The minimum atomic E-state index is -0.0343. The van der Waals surface area contributed by atoms with E-state index in [1.54, 1.807) is 0 Å². The van der Waals surface area contributed by atoms with Crippen molar-refractivity contribution in [1.82, 2.24) is 9.47 Å². The molecule has 1 N–H and O–H groups in total. The summed E-state index contributed by atoms with van der Waals surface area (Å²) in [4.78, 5) is 28.1. The van der Waals surface area contributed by atoms with Crippen LogP contribution in [0, 0.1) is 19.8 Å². The molecule has 2 heterocycles. The number of amides is 1. The summed E-state index contributed by atoms with van der Waals surface area (Å²) in [6.45, 7) is 7.10. The predicted octanol–water partition coefficient (Wildman–Crippen LogP) is 4.53. The van der Waals surface area contributed by atoms with Crippen LogP contribution in [0.25, 0.3) is 10.8 Å². The molecule has 1 saturated heterocycles. The molecule has 3 aromatic rings. The number of piperidine rings is 1. The van der Waals surface area contributed by atoms with Crippen LogP contribution < -0.4 is 10.9 Å². The molecule has 1 aromatic heterocycles. The van der Waals surface area contributed by atoms with Gasteiger partial charge < -0.3 is 14.8 Å². The van der Waals surface area contributed by atoms with E-state index in [1.165, 1.54) is 16.7 Å². The third-order valence-corrected chi connectivity index (χ3v) is 6.71. The molecular weight excluding hydrogens is 398 g/mol. The van der Waals surface area contributed by atoms with Gasteiger partial charge in [-0.1, -0.05) is 29.8 Å². The quantitative estimate of drug-likeness (QED) is 0.624. The Bertz CT molecular complexity index is 1170. The first-order valence-electron chi connectivity index (χ1n) is 11.6. The standard InChI is InChI=1S/C27H33N3O2/c1-19-7-8-22(20(2)17-19)9-10-26(31)28-25-6-4-5-24-23(25)13-16-30(27(24)32)18-21-11-14-29(3)15-12-21/h4-8,13,16-17,21H,9-12,14-15,18H2,1-3H3,(H,28,31). The van der Waals surface area contributed by atoms with Crippen molar-refractivity contribution in [2.45, 2.75) is 46.1 Å². The zero-order valence-corrected chi connectivity index (χ0v) is 19.4. The van der Waals surface area contributed by atoms with Crippen LogP contribution in [0.1, 0.15) is 36.0 Å². The number of benzene rings is 2. The van der Waals surface area contributed by atoms with Gasteiger partial charge in [0.25, 0.3) is 5.56 Å². The zero-order valence-electron chi connectivity index (χ0n) is 19.4. The number of nitrogens with zero attached hydrogens (tertiary/aromatic N) is 2. The number of aromatic nitrogens is 1. The molecule has 1 aliphatic heterocycles. The molecule has 0 radical (unpaired) electrons. The molecule has 1 fully saturated rings. The number of hydrogen-bond acceptors (Lipinski definition) is 3. The summed E-state index contributed by atoms with van der Waals surface area (Å²) >= 11 is 0. The smallest absolute Gasteiger partial charge is 0.258 e. The first-order valence-corrected chi connectivity index (χ1v) is 11.6. The Morgan fingerprint density at radius 3 is 2.59 bits per heavy atom. The number of nitrogens with one attached hydrogen (secondary N) is 1. The summed E-state index contributed by atoms with van der Waals surface area (Å²) in [6, 6.07) is 13.9. The Hall–Kier alpha value is -2.92. The van der Waals surface area contributed by atoms with Crippen LogP contribution in [0.2, 0.25) is 0 Å². The molecule has 4 rings (SSSR count). The number of aryl methyl sites for hydroxylation is 3. The van der Waals surface area contributed by atoms with Crippen LogP contribution >= 0.6 is 0 Å². The van der Waals surface area contributed by atoms with Gasteiger partial charge in [-0.2, -0.15) is 0 Å². The number of hydrogen-bond donors (Lipinski definition) is 1. The molecule has 5 heteroatoms. The van der Waals surface area contributed by atoms with Gasteiger partial charge in [-0.05, 0) is 88.5 Å². The second-order valence-electron chi connectivity index (χ2n) is 9.26. The number of anilines is 1. The van der Waals surface area contributed by atoms with Crippen molar-refractivity contribution in [2.24, 2.45) is 5.92 Å². The van der Waals surface area contributed by atoms with E-state index in [-0.39, 0.29) is 11.5 Å². The van der Waals surface area contributed by atoms with E-state index in [1.807, 2.05) is 35.0 Å². The lowest BCUT2D eigenvalue weighted by atomic mass is 9.97. The van der Waals surface area contributed by atoms with Gasteiger partial charge in [0.1, 0.15) is 0 Å². The van der Waals surface area contributed by atoms with Crippen LogP contribution in [0.5, 0.6) is 0 Å². The fraction of sp³-hybridized carbons (Fsp3) is 0.407. The third kappa shape index (κ3) is 5.10. The number of fused-ring (bicyclic) bond motifs is 1. The second-order valence-corrected chi connectivity index (χ2v) is 9.26. The Morgan fingerprint density at radius 2 is 1.84 bits per heavy atom. The number of pyridine rings is 1. The van der Waals surface area contributed by atoms with Crippen molar-refractivity contribution >= 4 is 22.4 Å². The lowest BCUT2D eigenvalue weighted by molar-refractivity contribution is -0.116. The molecule has 0 saturated carbocycles. The average molecular weight is 432 g/mol. The summed E-state index contributed by atoms with van der Waals surface area (Å²) in [7, 11) is 2.15. The first-order chi connectivity index (χ1) is 15.4. The first kappa shape index (κ1) is 22.3. The monoisotopic (exact) mass is 431 g/mol. The van der Waals surface area contributed by atoms with Gasteiger partial charge >= 0.3 is 0 Å². The lowest BCUT2D eigenvalue weighted by Gasteiger charge is -2.29. The van der Waals surface area contributed by atoms with Crippen LogP contribution in [-0.2, 0) is 17.8 Å². The minimum absolute atomic E-state index is 0.0211. The summed E-state index contributed by atoms with van der Waals surface area (Å²) in [5.74, 6) is 0.502. The van der Waals surface area contributed by atoms with Crippen molar-refractivity contribution in [1.29, 1.82) is 0 Å². The van der Waals surface area contributed by atoms with E-state index in [0.29, 0.717) is 29.8 Å². The minimum Gasteiger partial charge on any atom is -0.326 e. The second kappa shape index (κ2) is 9.70. The maximum atomic E-state index is 13.1. The summed E-state index contributed by atoms with van der Waals surface area (Å²) in [5, 5.41) is 4.49. The van der Waals surface area contributed by atoms with E-state index in [4.69, 9.17) is 0 Å². The van der Waals surface area contributed by atoms with Crippen molar-refractivity contribution in [3.05, 3.63) is 75.7 Å². The van der Waals surface area contributed by atoms with Crippen LogP contribution in [0.15, 0.2) is 53.5 Å². The molecular formula is C27H33N3O2. The van der Waals surface area contributed by atoms with Gasteiger partial charge in [0, 0.05) is 35.6 Å². The number of rotatable bonds is 6. The van der Waals surface area contributed by atoms with Gasteiger partial charge in [0.2, 0.25) is 5.91 Å². The van der Waals surface area contributed by atoms with Crippen molar-refractivity contribution in [3.8, 4) is 0 Å². The third-order valence-electron chi connectivity index (χ3n) is 6.71. The highest BCUT2D eigenvalue weighted by Crippen LogP contribution is 2.23. The Labute approximate surface area is 190 Å². The number of carbonyl (C=O) groups excluding carboxylic acids is 1. The van der Waals surface area contributed by atoms with Crippen LogP contribution in [0.4, 0.5) is 5.69 Å². The van der Waals surface area contributed by atoms with Gasteiger partial charge in [0.05, 0.1) is 0 Å². The fourth-order valence-electron chi connectivity index (χ4n) is 4.68. The van der Waals surface area contributed by atoms with Gasteiger partial charge in [-0.3, -0.25) is 9.59 Å². The van der Waals surface area contributed by atoms with Crippen molar-refractivity contribution < 1.29 is 4.79 Å². The number of carbonyl (C=O) groups is 1. The molecule has 1 amide bonds. The van der Waals surface area contributed by atoms with Crippen molar-refractivity contribution in [3.63, 3.8) is 0 Å². The van der Waals surface area contributed by atoms with Crippen LogP contribution in [0.3, 0.4) is 0 Å². The molecule has 32 heavy (non-hydrogen) atoms. The summed E-state index contributed by atoms with van der Waals surface area (Å²) in [5.41, 5.74) is 4.37. The molecule has 0 bridgehead atoms. The molecule has 0 unspecified atom stereocenters. The highest BCUT2D eigenvalue weighted by atomic mass is 16.1. The molecule has 0 aliphatic carbocycles. The van der Waals surface area contributed by atoms with E-state index in [9.17, 15) is 9.59 Å². The topological polar surface area (TPSA) is 54.3 Å². The molecule has 168 valence electrons. The van der Waals surface area contributed by atoms with Gasteiger partial charge in [0.15, 0.2) is 0 Å². The average Bonchev–Trinajstić information content (AvgIpc) is 2.77. The van der Waals surface area contributed by atoms with E-state index < -0.39 is 0 Å². The molecule has 2 aromatic carbocycles. The predicted molar refractivity (Wildman–Crippen MR) is 131 cm³/mol. The fourth-order valence-corrected chi connectivity index (χ4v) is 4.68. The zero-order chi connectivity index (χ0) is 22.7. The van der Waals surface area contributed by atoms with Gasteiger partial charge in [-0.15, -0.1) is 0 Å². The summed E-state index contributed by atoms with van der Waals surface area (Å²) < 4.78 is 1.84. The maximum absolute atomic E-state index is 13.1. The van der Waals surface area contributed by atoms with E-state index in [0.717, 1.165) is 37.9 Å². The SMILES string of the molecule is Cc1ccc(CCC(=O)Nc2cccc3c(=O)n(CC4CCN(C)CC4)ccc23)c(C)c1. The highest BCUT2D eigenvalue weighted by molar-refractivity contribution is 6.01. The lowest BCUT2D eigenvalue weighted by Crippen LogP contribution is -2.33. The Balaban J connectivity index is 1.46. The Kier molecular flexibility index (Phi) is 6.75. The van der Waals surface area contributed by atoms with Gasteiger partial charge in [-0.25, -0.2) is 0 Å². The number of likely N-dealkylation sites (tertiary alicyclic amines) is 1. The molecule has 0 atom stereocenters. The highest BCUT2D eigenvalue weighted by Gasteiger charge is 2.18.